The summed E-state index contributed by atoms with van der Waals surface area (Å²) in [7, 11) is 1.67. The number of nitrogens with one attached hydrogen (secondary N) is 1. The number of hydrazone groups is 1. The van der Waals surface area contributed by atoms with Crippen LogP contribution in [0.15, 0.2) is 59.7 Å². The molecule has 0 fully saturated rings. The van der Waals surface area contributed by atoms with Gasteiger partial charge in [0.2, 0.25) is 0 Å². The van der Waals surface area contributed by atoms with Crippen molar-refractivity contribution in [2.45, 2.75) is 6.92 Å². The van der Waals surface area contributed by atoms with E-state index in [-0.39, 0.29) is 11.5 Å². The first-order valence-corrected chi connectivity index (χ1v) is 9.59. The van der Waals surface area contributed by atoms with Gasteiger partial charge in [-0.2, -0.15) is 10.2 Å². The van der Waals surface area contributed by atoms with Crippen LogP contribution in [0.1, 0.15) is 21.6 Å². The summed E-state index contributed by atoms with van der Waals surface area (Å²) in [6, 6.07) is 17.9. The number of amidine groups is 1. The van der Waals surface area contributed by atoms with Crippen molar-refractivity contribution in [1.82, 2.24) is 15.2 Å². The van der Waals surface area contributed by atoms with Gasteiger partial charge in [-0.15, -0.1) is 11.3 Å². The van der Waals surface area contributed by atoms with E-state index < -0.39 is 0 Å². The van der Waals surface area contributed by atoms with Crippen molar-refractivity contribution in [3.63, 3.8) is 0 Å². The molecule has 3 N–H and O–H groups in total. The van der Waals surface area contributed by atoms with E-state index in [9.17, 15) is 4.79 Å². The zero-order valence-electron chi connectivity index (χ0n) is 15.5. The molecule has 2 aromatic heterocycles. The van der Waals surface area contributed by atoms with Gasteiger partial charge in [0.25, 0.3) is 0 Å². The van der Waals surface area contributed by atoms with Gasteiger partial charge in [-0.3, -0.25) is 4.79 Å². The Hall–Kier alpha value is -3.45. The lowest BCUT2D eigenvalue weighted by atomic mass is 10.1. The summed E-state index contributed by atoms with van der Waals surface area (Å²) >= 11 is 1.65. The smallest absolute Gasteiger partial charge is 0.171 e. The van der Waals surface area contributed by atoms with Crippen molar-refractivity contribution in [2.24, 2.45) is 10.8 Å². The minimum absolute atomic E-state index is 0.221. The molecular formula is C21H19N5OS. The van der Waals surface area contributed by atoms with Gasteiger partial charge in [-0.05, 0) is 36.1 Å². The highest BCUT2D eigenvalue weighted by atomic mass is 32.1. The minimum atomic E-state index is 0.221. The second-order valence-electron chi connectivity index (χ2n) is 6.25. The van der Waals surface area contributed by atoms with E-state index in [0.29, 0.717) is 5.56 Å². The zero-order valence-corrected chi connectivity index (χ0v) is 16.3. The summed E-state index contributed by atoms with van der Waals surface area (Å²) in [6.07, 6.45) is 0.721. The molecule has 4 aromatic rings. The third-order valence-corrected chi connectivity index (χ3v) is 5.85. The predicted octanol–water partition coefficient (Wildman–Crippen LogP) is 3.71. The van der Waals surface area contributed by atoms with E-state index in [1.807, 2.05) is 42.5 Å². The maximum atomic E-state index is 11.8. The number of thiophene rings is 1. The van der Waals surface area contributed by atoms with Crippen LogP contribution in [0.25, 0.3) is 26.3 Å². The van der Waals surface area contributed by atoms with Crippen LogP contribution in [0.2, 0.25) is 0 Å². The first kappa shape index (κ1) is 17.9. The molecule has 0 saturated heterocycles. The van der Waals surface area contributed by atoms with Crippen LogP contribution in [0.4, 0.5) is 0 Å². The number of nitrogens with zero attached hydrogens (tertiary/aromatic N) is 3. The highest BCUT2D eigenvalue weighted by Gasteiger charge is 2.26. The van der Waals surface area contributed by atoms with Crippen LogP contribution < -0.4 is 11.2 Å². The number of hydrogen-bond donors (Lipinski definition) is 2. The Balaban J connectivity index is 2.11. The third-order valence-electron chi connectivity index (χ3n) is 4.57. The molecule has 4 rings (SSSR count). The van der Waals surface area contributed by atoms with Gasteiger partial charge in [0, 0.05) is 11.7 Å². The highest BCUT2D eigenvalue weighted by molar-refractivity contribution is 7.22. The molecular weight excluding hydrogens is 370 g/mol. The number of rotatable bonds is 5. The maximum Gasteiger partial charge on any atom is 0.171 e. The van der Waals surface area contributed by atoms with Crippen molar-refractivity contribution in [3.8, 4) is 16.3 Å². The number of nitrogens with two attached hydrogens (primary N) is 1. The normalized spacial score (nSPS) is 11.7. The first-order valence-electron chi connectivity index (χ1n) is 8.78. The van der Waals surface area contributed by atoms with Gasteiger partial charge >= 0.3 is 0 Å². The standard InChI is InChI=1S/C21H19N5OS/c1-13-15-10-6-7-11-17(15)28-20(13)19-18(21(22)24-23-2)16(12-27)25-26(19)14-8-4-3-5-9-14/h3-12,23H,1-2H3,(H2,22,24). The molecule has 2 aromatic carbocycles. The van der Waals surface area contributed by atoms with E-state index in [4.69, 9.17) is 5.73 Å². The average Bonchev–Trinajstić information content (AvgIpc) is 3.27. The summed E-state index contributed by atoms with van der Waals surface area (Å²) in [5.74, 6) is 0.221. The van der Waals surface area contributed by atoms with E-state index in [1.54, 1.807) is 23.1 Å². The summed E-state index contributed by atoms with van der Waals surface area (Å²) in [5, 5.41) is 9.85. The van der Waals surface area contributed by atoms with Gasteiger partial charge in [-0.25, -0.2) is 4.68 Å². The Morgan fingerprint density at radius 2 is 1.89 bits per heavy atom. The van der Waals surface area contributed by atoms with Crippen LogP contribution in [-0.4, -0.2) is 28.9 Å². The summed E-state index contributed by atoms with van der Waals surface area (Å²) in [6.45, 7) is 2.08. The summed E-state index contributed by atoms with van der Waals surface area (Å²) < 4.78 is 2.94. The monoisotopic (exact) mass is 389 g/mol. The number of carbonyl (C=O) groups excluding carboxylic acids is 1. The van der Waals surface area contributed by atoms with Gasteiger partial charge < -0.3 is 11.2 Å². The van der Waals surface area contributed by atoms with Gasteiger partial charge in [0.05, 0.1) is 21.8 Å². The third kappa shape index (κ3) is 2.86. The van der Waals surface area contributed by atoms with Crippen LogP contribution in [-0.2, 0) is 0 Å². The average molecular weight is 389 g/mol. The van der Waals surface area contributed by atoms with Crippen LogP contribution in [0.5, 0.6) is 0 Å². The van der Waals surface area contributed by atoms with Crippen molar-refractivity contribution >= 4 is 33.5 Å². The Morgan fingerprint density at radius 3 is 2.57 bits per heavy atom. The summed E-state index contributed by atoms with van der Waals surface area (Å²) in [4.78, 5) is 12.8. The fourth-order valence-corrected chi connectivity index (χ4v) is 4.56. The Kier molecular flexibility index (Phi) is 4.67. The predicted molar refractivity (Wildman–Crippen MR) is 114 cm³/mol. The van der Waals surface area contributed by atoms with E-state index in [1.165, 1.54) is 10.1 Å². The number of para-hydroxylation sites is 1. The highest BCUT2D eigenvalue weighted by Crippen LogP contribution is 2.40. The molecule has 0 aliphatic heterocycles. The maximum absolute atomic E-state index is 11.8. The lowest BCUT2D eigenvalue weighted by Gasteiger charge is -2.09. The second kappa shape index (κ2) is 7.28. The summed E-state index contributed by atoms with van der Waals surface area (Å²) in [5.41, 5.74) is 12.5. The van der Waals surface area contributed by atoms with Crippen LogP contribution >= 0.6 is 11.3 Å². The SMILES string of the molecule is CN/N=C(/N)c1c(C=O)nn(-c2ccccc2)c1-c1sc2ccccc2c1C. The minimum Gasteiger partial charge on any atom is -0.382 e. The molecule has 140 valence electrons. The quantitative estimate of drug-likeness (QED) is 0.236. The fourth-order valence-electron chi connectivity index (χ4n) is 3.31. The van der Waals surface area contributed by atoms with Crippen LogP contribution in [0.3, 0.4) is 0 Å². The topological polar surface area (TPSA) is 85.3 Å². The van der Waals surface area contributed by atoms with Crippen molar-refractivity contribution in [1.29, 1.82) is 0 Å². The zero-order chi connectivity index (χ0) is 19.7. The van der Waals surface area contributed by atoms with E-state index in [2.05, 4.69) is 34.7 Å². The Morgan fingerprint density at radius 1 is 1.18 bits per heavy atom. The van der Waals surface area contributed by atoms with E-state index in [0.717, 1.165) is 28.1 Å². The second-order valence-corrected chi connectivity index (χ2v) is 7.30. The Labute approximate surface area is 166 Å². The molecule has 28 heavy (non-hydrogen) atoms. The lowest BCUT2D eigenvalue weighted by molar-refractivity contribution is 0.111. The number of fused-ring (bicyclic) bond motifs is 1. The molecule has 0 radical (unpaired) electrons. The molecule has 0 saturated carbocycles. The molecule has 0 aliphatic carbocycles. The lowest BCUT2D eigenvalue weighted by Crippen LogP contribution is -2.19. The van der Waals surface area contributed by atoms with E-state index >= 15 is 0 Å². The van der Waals surface area contributed by atoms with Crippen molar-refractivity contribution in [2.75, 3.05) is 7.05 Å². The first-order chi connectivity index (χ1) is 13.7. The molecule has 0 atom stereocenters. The number of aldehydes is 1. The van der Waals surface area contributed by atoms with Gasteiger partial charge in [0.15, 0.2) is 12.1 Å². The Bertz CT molecular complexity index is 1190. The molecule has 0 spiro atoms. The largest absolute Gasteiger partial charge is 0.382 e. The molecule has 2 heterocycles. The van der Waals surface area contributed by atoms with Gasteiger partial charge in [-0.1, -0.05) is 36.4 Å². The number of aryl methyl sites for hydroxylation is 1. The molecule has 0 unspecified atom stereocenters. The number of hydrogen-bond acceptors (Lipinski definition) is 5. The molecule has 0 amide bonds. The van der Waals surface area contributed by atoms with Crippen molar-refractivity contribution < 1.29 is 4.79 Å². The number of aromatic nitrogens is 2. The van der Waals surface area contributed by atoms with Crippen LogP contribution in [0, 0.1) is 6.92 Å². The number of benzene rings is 2. The molecule has 0 aliphatic rings. The number of carbonyl (C=O) groups is 1. The molecule has 7 heteroatoms. The molecule has 6 nitrogen and oxygen atoms in total. The van der Waals surface area contributed by atoms with Crippen molar-refractivity contribution in [3.05, 3.63) is 71.4 Å². The van der Waals surface area contributed by atoms with Gasteiger partial charge in [0.1, 0.15) is 5.69 Å². The molecule has 0 bridgehead atoms. The fraction of sp³-hybridized carbons (Fsp3) is 0.0952.